The van der Waals surface area contributed by atoms with E-state index < -0.39 is 0 Å². The lowest BCUT2D eigenvalue weighted by Crippen LogP contribution is -2.52. The number of carbonyl (C=O) groups excluding carboxylic acids is 1. The van der Waals surface area contributed by atoms with Gasteiger partial charge in [-0.25, -0.2) is 8.78 Å². The Balaban J connectivity index is 1.39. The standard InChI is InChI=1S/C29H32F2N2O/c1-22(34)32-29(25-6-3-2-4-7-25)17-20-33(21-18-29)19-5-8-28(23-9-13-26(30)14-10-23)24-11-15-27(31)16-12-24/h2-4,6-7,9-16,28H,5,8,17-21H2,1H3,(H,32,34). The molecule has 3 nitrogen and oxygen atoms in total. The number of benzene rings is 3. The number of nitrogens with one attached hydrogen (secondary N) is 1. The first-order chi connectivity index (χ1) is 16.4. The molecule has 5 heteroatoms. The molecule has 34 heavy (non-hydrogen) atoms. The first-order valence-corrected chi connectivity index (χ1v) is 12.0. The molecule has 0 spiro atoms. The van der Waals surface area contributed by atoms with Crippen LogP contribution < -0.4 is 5.32 Å². The Morgan fingerprint density at radius 2 is 1.41 bits per heavy atom. The van der Waals surface area contributed by atoms with Gasteiger partial charge in [-0.05, 0) is 73.2 Å². The third-order valence-corrected chi connectivity index (χ3v) is 6.96. The first-order valence-electron chi connectivity index (χ1n) is 12.0. The normalized spacial score (nSPS) is 15.9. The van der Waals surface area contributed by atoms with E-state index in [-0.39, 0.29) is 29.0 Å². The Kier molecular flexibility index (Phi) is 7.73. The molecule has 1 heterocycles. The predicted octanol–water partition coefficient (Wildman–Crippen LogP) is 6.00. The van der Waals surface area contributed by atoms with Crippen molar-refractivity contribution in [2.45, 2.75) is 44.1 Å². The molecule has 1 saturated heterocycles. The number of piperidine rings is 1. The van der Waals surface area contributed by atoms with Crippen molar-refractivity contribution in [3.63, 3.8) is 0 Å². The number of halogens is 2. The highest BCUT2D eigenvalue weighted by Gasteiger charge is 2.36. The van der Waals surface area contributed by atoms with Gasteiger partial charge in [-0.2, -0.15) is 0 Å². The van der Waals surface area contributed by atoms with Crippen molar-refractivity contribution in [2.75, 3.05) is 19.6 Å². The van der Waals surface area contributed by atoms with Crippen LogP contribution in [0.25, 0.3) is 0 Å². The summed E-state index contributed by atoms with van der Waals surface area (Å²) in [5.74, 6) is -0.417. The van der Waals surface area contributed by atoms with Gasteiger partial charge in [0.15, 0.2) is 0 Å². The van der Waals surface area contributed by atoms with E-state index >= 15 is 0 Å². The van der Waals surface area contributed by atoms with E-state index in [1.165, 1.54) is 24.3 Å². The van der Waals surface area contributed by atoms with Crippen LogP contribution >= 0.6 is 0 Å². The average Bonchev–Trinajstić information content (AvgIpc) is 2.85. The molecule has 1 fully saturated rings. The van der Waals surface area contributed by atoms with Crippen molar-refractivity contribution in [2.24, 2.45) is 0 Å². The maximum atomic E-state index is 13.5. The minimum absolute atomic E-state index is 0.00117. The van der Waals surface area contributed by atoms with Crippen LogP contribution in [0, 0.1) is 11.6 Å². The van der Waals surface area contributed by atoms with E-state index in [0.29, 0.717) is 0 Å². The largest absolute Gasteiger partial charge is 0.347 e. The molecule has 1 aliphatic rings. The van der Waals surface area contributed by atoms with Gasteiger partial charge in [-0.15, -0.1) is 0 Å². The lowest BCUT2D eigenvalue weighted by Gasteiger charge is -2.43. The number of carbonyl (C=O) groups is 1. The quantitative estimate of drug-likeness (QED) is 0.445. The molecule has 0 aromatic heterocycles. The molecule has 178 valence electrons. The molecule has 1 N–H and O–H groups in total. The summed E-state index contributed by atoms with van der Waals surface area (Å²) in [7, 11) is 0. The third kappa shape index (κ3) is 5.89. The van der Waals surface area contributed by atoms with E-state index in [2.05, 4.69) is 22.3 Å². The molecule has 0 atom stereocenters. The lowest BCUT2D eigenvalue weighted by atomic mass is 9.80. The van der Waals surface area contributed by atoms with E-state index in [9.17, 15) is 13.6 Å². The summed E-state index contributed by atoms with van der Waals surface area (Å²) >= 11 is 0. The Labute approximate surface area is 200 Å². The molecule has 0 bridgehead atoms. The maximum absolute atomic E-state index is 13.5. The van der Waals surface area contributed by atoms with Crippen molar-refractivity contribution in [1.29, 1.82) is 0 Å². The number of hydrogen-bond acceptors (Lipinski definition) is 2. The average molecular weight is 463 g/mol. The van der Waals surface area contributed by atoms with Gasteiger partial charge in [-0.1, -0.05) is 54.6 Å². The second-order valence-electron chi connectivity index (χ2n) is 9.27. The van der Waals surface area contributed by atoms with E-state index in [4.69, 9.17) is 0 Å². The number of nitrogens with zero attached hydrogens (tertiary/aromatic N) is 1. The van der Waals surface area contributed by atoms with Gasteiger partial charge < -0.3 is 10.2 Å². The van der Waals surface area contributed by atoms with Gasteiger partial charge in [0.25, 0.3) is 0 Å². The summed E-state index contributed by atoms with van der Waals surface area (Å²) in [5.41, 5.74) is 2.94. The SMILES string of the molecule is CC(=O)NC1(c2ccccc2)CCN(CCCC(c2ccc(F)cc2)c2ccc(F)cc2)CC1. The summed E-state index contributed by atoms with van der Waals surface area (Å²) in [4.78, 5) is 14.4. The fourth-order valence-electron chi connectivity index (χ4n) is 5.17. The van der Waals surface area contributed by atoms with Crippen molar-refractivity contribution in [3.8, 4) is 0 Å². The number of amides is 1. The molecule has 0 radical (unpaired) electrons. The highest BCUT2D eigenvalue weighted by molar-refractivity contribution is 5.74. The zero-order valence-electron chi connectivity index (χ0n) is 19.6. The first kappa shape index (κ1) is 24.1. The molecule has 3 aromatic carbocycles. The van der Waals surface area contributed by atoms with Gasteiger partial charge in [0.2, 0.25) is 5.91 Å². The summed E-state index contributed by atoms with van der Waals surface area (Å²) in [6.45, 7) is 4.35. The van der Waals surface area contributed by atoms with E-state index in [0.717, 1.165) is 62.0 Å². The molecule has 3 aromatic rings. The summed E-state index contributed by atoms with van der Waals surface area (Å²) in [6.07, 6.45) is 3.60. The molecule has 0 unspecified atom stereocenters. The molecule has 0 saturated carbocycles. The predicted molar refractivity (Wildman–Crippen MR) is 131 cm³/mol. The van der Waals surface area contributed by atoms with Crippen LogP contribution in [0.3, 0.4) is 0 Å². The lowest BCUT2D eigenvalue weighted by molar-refractivity contribution is -0.121. The van der Waals surface area contributed by atoms with Crippen molar-refractivity contribution in [3.05, 3.63) is 107 Å². The minimum Gasteiger partial charge on any atom is -0.347 e. The number of rotatable bonds is 8. The van der Waals surface area contributed by atoms with Crippen LogP contribution in [0.5, 0.6) is 0 Å². The zero-order chi connectivity index (χ0) is 24.0. The van der Waals surface area contributed by atoms with Crippen LogP contribution in [0.4, 0.5) is 8.78 Å². The topological polar surface area (TPSA) is 32.3 Å². The van der Waals surface area contributed by atoms with Crippen LogP contribution in [0.1, 0.15) is 55.2 Å². The summed E-state index contributed by atoms with van der Waals surface area (Å²) < 4.78 is 27.0. The van der Waals surface area contributed by atoms with Gasteiger partial charge in [0.1, 0.15) is 11.6 Å². The highest BCUT2D eigenvalue weighted by Crippen LogP contribution is 2.34. The van der Waals surface area contributed by atoms with Gasteiger partial charge in [0, 0.05) is 25.9 Å². The number of likely N-dealkylation sites (tertiary alicyclic amines) is 1. The zero-order valence-corrected chi connectivity index (χ0v) is 19.6. The monoisotopic (exact) mass is 462 g/mol. The van der Waals surface area contributed by atoms with Gasteiger partial charge in [0.05, 0.1) is 5.54 Å². The molecule has 1 aliphatic heterocycles. The van der Waals surface area contributed by atoms with Gasteiger partial charge >= 0.3 is 0 Å². The fourth-order valence-corrected chi connectivity index (χ4v) is 5.17. The van der Waals surface area contributed by atoms with Crippen LogP contribution in [0.15, 0.2) is 78.9 Å². The van der Waals surface area contributed by atoms with Crippen LogP contribution in [-0.4, -0.2) is 30.4 Å². The maximum Gasteiger partial charge on any atom is 0.217 e. The Bertz CT molecular complexity index is 1010. The minimum atomic E-state index is -0.311. The van der Waals surface area contributed by atoms with Crippen molar-refractivity contribution in [1.82, 2.24) is 10.2 Å². The van der Waals surface area contributed by atoms with Crippen molar-refractivity contribution >= 4 is 5.91 Å². The van der Waals surface area contributed by atoms with Crippen LogP contribution in [-0.2, 0) is 10.3 Å². The highest BCUT2D eigenvalue weighted by atomic mass is 19.1. The molecular formula is C29H32F2N2O. The Morgan fingerprint density at radius 1 is 0.882 bits per heavy atom. The second kappa shape index (κ2) is 10.9. The van der Waals surface area contributed by atoms with Crippen LogP contribution in [0.2, 0.25) is 0 Å². The number of hydrogen-bond donors (Lipinski definition) is 1. The molecular weight excluding hydrogens is 430 g/mol. The van der Waals surface area contributed by atoms with Crippen molar-refractivity contribution < 1.29 is 13.6 Å². The van der Waals surface area contributed by atoms with E-state index in [1.807, 2.05) is 42.5 Å². The Hall–Kier alpha value is -3.05. The second-order valence-corrected chi connectivity index (χ2v) is 9.27. The summed E-state index contributed by atoms with van der Waals surface area (Å²) in [6, 6.07) is 23.5. The molecule has 1 amide bonds. The molecule has 0 aliphatic carbocycles. The Morgan fingerprint density at radius 3 is 1.91 bits per heavy atom. The molecule has 4 rings (SSSR count). The van der Waals surface area contributed by atoms with Gasteiger partial charge in [-0.3, -0.25) is 4.79 Å². The fraction of sp³-hybridized carbons (Fsp3) is 0.345. The third-order valence-electron chi connectivity index (χ3n) is 6.96. The smallest absolute Gasteiger partial charge is 0.217 e. The summed E-state index contributed by atoms with van der Waals surface area (Å²) in [5, 5.41) is 3.23. The van der Waals surface area contributed by atoms with E-state index in [1.54, 1.807) is 6.92 Å².